The van der Waals surface area contributed by atoms with E-state index in [0.717, 1.165) is 17.6 Å². The Morgan fingerprint density at radius 1 is 1.75 bits per heavy atom. The summed E-state index contributed by atoms with van der Waals surface area (Å²) in [6.07, 6.45) is 2.67. The zero-order valence-electron chi connectivity index (χ0n) is 8.80. The number of hydrogen-bond donors (Lipinski definition) is 1. The molecule has 1 aromatic rings. The Labute approximate surface area is 97.3 Å². The van der Waals surface area contributed by atoms with Crippen molar-refractivity contribution in [3.8, 4) is 0 Å². The van der Waals surface area contributed by atoms with Crippen LogP contribution in [0.25, 0.3) is 0 Å². The third-order valence-corrected chi connectivity index (χ3v) is 2.55. The molecule has 0 aliphatic rings. The highest BCUT2D eigenvalue weighted by atomic mass is 32.1. The lowest BCUT2D eigenvalue weighted by atomic mass is 10.2. The quantitative estimate of drug-likeness (QED) is 0.617. The Bertz CT molecular complexity index is 375. The van der Waals surface area contributed by atoms with E-state index in [2.05, 4.69) is 16.3 Å². The molecule has 86 valence electrons. The van der Waals surface area contributed by atoms with E-state index in [4.69, 9.17) is 4.74 Å². The summed E-state index contributed by atoms with van der Waals surface area (Å²) in [6, 6.07) is 0.855. The molecule has 0 bridgehead atoms. The van der Waals surface area contributed by atoms with Crippen LogP contribution in [0.5, 0.6) is 0 Å². The van der Waals surface area contributed by atoms with Crippen LogP contribution in [0, 0.1) is 0 Å². The highest BCUT2D eigenvalue weighted by Crippen LogP contribution is 2.18. The van der Waals surface area contributed by atoms with Gasteiger partial charge in [-0.05, 0) is 30.6 Å². The molecule has 1 rings (SSSR count). The fourth-order valence-electron chi connectivity index (χ4n) is 1.05. The highest BCUT2D eigenvalue weighted by molar-refractivity contribution is 7.05. The van der Waals surface area contributed by atoms with Gasteiger partial charge in [0.25, 0.3) is 0 Å². The molecule has 0 saturated carbocycles. The van der Waals surface area contributed by atoms with Crippen LogP contribution in [0.15, 0.2) is 24.9 Å². The minimum Gasteiger partial charge on any atom is -0.464 e. The maximum atomic E-state index is 11.6. The van der Waals surface area contributed by atoms with Gasteiger partial charge >= 0.3 is 5.97 Å². The molecule has 0 aromatic carbocycles. The molecule has 1 N–H and O–H groups in total. The van der Waals surface area contributed by atoms with Crippen molar-refractivity contribution in [2.24, 2.45) is 0 Å². The van der Waals surface area contributed by atoms with Crippen LogP contribution in [-0.4, -0.2) is 22.9 Å². The zero-order chi connectivity index (χ0) is 12.0. The number of aromatic nitrogens is 1. The third-order valence-electron chi connectivity index (χ3n) is 1.74. The van der Waals surface area contributed by atoms with E-state index in [0.29, 0.717) is 4.88 Å². The normalized spacial score (nSPS) is 11.6. The van der Waals surface area contributed by atoms with Crippen LogP contribution in [-0.2, 0) is 14.3 Å². The summed E-state index contributed by atoms with van der Waals surface area (Å²) in [5.41, 5.74) is 0. The average Bonchev–Trinajstić information content (AvgIpc) is 2.78. The van der Waals surface area contributed by atoms with Crippen molar-refractivity contribution in [1.82, 2.24) is 9.69 Å². The Morgan fingerprint density at radius 2 is 2.50 bits per heavy atom. The number of rotatable bonds is 5. The van der Waals surface area contributed by atoms with E-state index in [9.17, 15) is 9.59 Å². The van der Waals surface area contributed by atoms with E-state index in [1.807, 2.05) is 0 Å². The van der Waals surface area contributed by atoms with Gasteiger partial charge < -0.3 is 10.1 Å². The molecule has 0 radical (unpaired) electrons. The molecule has 0 saturated heterocycles. The Balaban J connectivity index is 2.81. The molecule has 1 atom stereocenters. The minimum absolute atomic E-state index is 0.262. The van der Waals surface area contributed by atoms with Gasteiger partial charge in [-0.3, -0.25) is 4.79 Å². The summed E-state index contributed by atoms with van der Waals surface area (Å²) in [4.78, 5) is 23.4. The van der Waals surface area contributed by atoms with Gasteiger partial charge in [-0.15, -0.1) is 0 Å². The van der Waals surface area contributed by atoms with Gasteiger partial charge in [-0.1, -0.05) is 6.58 Å². The number of ether oxygens (including phenoxy) is 1. The first kappa shape index (κ1) is 12.4. The lowest BCUT2D eigenvalue weighted by molar-refractivity contribution is -0.147. The smallest absolute Gasteiger partial charge is 0.334 e. The van der Waals surface area contributed by atoms with Crippen LogP contribution < -0.4 is 5.32 Å². The van der Waals surface area contributed by atoms with E-state index >= 15 is 0 Å². The maximum absolute atomic E-state index is 11.6. The van der Waals surface area contributed by atoms with E-state index in [1.165, 1.54) is 0 Å². The van der Waals surface area contributed by atoms with Gasteiger partial charge in [0.05, 0.1) is 11.5 Å². The molecule has 0 spiro atoms. The van der Waals surface area contributed by atoms with Crippen LogP contribution in [0.4, 0.5) is 0 Å². The topological polar surface area (TPSA) is 68.3 Å². The van der Waals surface area contributed by atoms with Crippen LogP contribution >= 0.6 is 11.5 Å². The molecule has 1 amide bonds. The summed E-state index contributed by atoms with van der Waals surface area (Å²) in [7, 11) is 0. The average molecular weight is 240 g/mol. The Hall–Kier alpha value is -1.69. The van der Waals surface area contributed by atoms with Crippen molar-refractivity contribution in [2.45, 2.75) is 13.0 Å². The molecule has 1 heterocycles. The Kier molecular flexibility index (Phi) is 4.65. The largest absolute Gasteiger partial charge is 0.464 e. The van der Waals surface area contributed by atoms with Crippen molar-refractivity contribution in [3.05, 3.63) is 29.8 Å². The predicted molar refractivity (Wildman–Crippen MR) is 59.8 cm³/mol. The predicted octanol–water partition coefficient (Wildman–Crippen LogP) is 1.05. The Morgan fingerprint density at radius 3 is 3.00 bits per heavy atom. The highest BCUT2D eigenvalue weighted by Gasteiger charge is 2.24. The fraction of sp³-hybridized carbons (Fsp3) is 0.300. The van der Waals surface area contributed by atoms with E-state index in [-0.39, 0.29) is 6.61 Å². The van der Waals surface area contributed by atoms with Crippen molar-refractivity contribution in [1.29, 1.82) is 0 Å². The van der Waals surface area contributed by atoms with Gasteiger partial charge in [-0.25, -0.2) is 9.17 Å². The molecule has 6 heteroatoms. The number of esters is 1. The summed E-state index contributed by atoms with van der Waals surface area (Å²) in [5, 5.41) is 2.49. The first-order chi connectivity index (χ1) is 7.69. The summed E-state index contributed by atoms with van der Waals surface area (Å²) >= 11 is 1.14. The number of amides is 1. The lowest BCUT2D eigenvalue weighted by Gasteiger charge is -2.14. The first-order valence-corrected chi connectivity index (χ1v) is 5.46. The monoisotopic (exact) mass is 240 g/mol. The molecule has 0 aliphatic heterocycles. The van der Waals surface area contributed by atoms with Crippen LogP contribution in [0.2, 0.25) is 0 Å². The van der Waals surface area contributed by atoms with Gasteiger partial charge in [0.15, 0.2) is 6.04 Å². The van der Waals surface area contributed by atoms with Crippen LogP contribution in [0.1, 0.15) is 17.8 Å². The molecule has 5 nitrogen and oxygen atoms in total. The third kappa shape index (κ3) is 3.16. The second-order valence-corrected chi connectivity index (χ2v) is 3.68. The minimum atomic E-state index is -0.807. The molecule has 0 fully saturated rings. The second-order valence-electron chi connectivity index (χ2n) is 2.81. The number of nitrogens with one attached hydrogen (secondary N) is 1. The number of hydrogen-bond acceptors (Lipinski definition) is 5. The van der Waals surface area contributed by atoms with Crippen molar-refractivity contribution in [2.75, 3.05) is 6.61 Å². The van der Waals surface area contributed by atoms with E-state index in [1.54, 1.807) is 19.2 Å². The van der Waals surface area contributed by atoms with E-state index < -0.39 is 17.9 Å². The molecule has 1 aromatic heterocycles. The lowest BCUT2D eigenvalue weighted by Crippen LogP contribution is -2.33. The van der Waals surface area contributed by atoms with Crippen LogP contribution in [0.3, 0.4) is 0 Å². The number of nitrogens with zero attached hydrogens (tertiary/aromatic N) is 1. The second kappa shape index (κ2) is 6.02. The molecule has 16 heavy (non-hydrogen) atoms. The summed E-state index contributed by atoms with van der Waals surface area (Å²) in [6.45, 7) is 5.29. The summed E-state index contributed by atoms with van der Waals surface area (Å²) in [5.74, 6) is -0.923. The van der Waals surface area contributed by atoms with Crippen molar-refractivity contribution in [3.63, 3.8) is 0 Å². The van der Waals surface area contributed by atoms with Gasteiger partial charge in [0.2, 0.25) is 5.91 Å². The molecule has 0 aliphatic carbocycles. The fourth-order valence-corrected chi connectivity index (χ4v) is 1.67. The first-order valence-electron chi connectivity index (χ1n) is 4.69. The molecular weight excluding hydrogens is 228 g/mol. The summed E-state index contributed by atoms with van der Waals surface area (Å²) < 4.78 is 8.74. The number of carbonyl (C=O) groups excluding carboxylic acids is 2. The maximum Gasteiger partial charge on any atom is 0.334 e. The molecular formula is C10H12N2O3S. The number of carbonyl (C=O) groups is 2. The SMILES string of the molecule is C=CC(=O)NC(C(=O)OCC)c1ccns1. The van der Waals surface area contributed by atoms with Crippen molar-refractivity contribution < 1.29 is 14.3 Å². The van der Waals surface area contributed by atoms with Crippen molar-refractivity contribution >= 4 is 23.4 Å². The van der Waals surface area contributed by atoms with Gasteiger partial charge in [0, 0.05) is 6.20 Å². The standard InChI is InChI=1S/C10H12N2O3S/c1-3-8(13)12-9(10(14)15-4-2)7-5-6-11-16-7/h3,5-6,9H,1,4H2,2H3,(H,12,13). The van der Waals surface area contributed by atoms with Gasteiger partial charge in [0.1, 0.15) is 0 Å². The van der Waals surface area contributed by atoms with Gasteiger partial charge in [-0.2, -0.15) is 0 Å². The zero-order valence-corrected chi connectivity index (χ0v) is 9.62. The molecule has 1 unspecified atom stereocenters.